The highest BCUT2D eigenvalue weighted by Crippen LogP contribution is 2.40. The summed E-state index contributed by atoms with van der Waals surface area (Å²) >= 11 is 0. The van der Waals surface area contributed by atoms with Crippen LogP contribution in [-0.4, -0.2) is 14.5 Å². The quantitative estimate of drug-likeness (QED) is 0.158. The van der Waals surface area contributed by atoms with E-state index in [0.29, 0.717) is 5.82 Å². The van der Waals surface area contributed by atoms with Crippen molar-refractivity contribution in [3.05, 3.63) is 224 Å². The standard InChI is InChI=1S/C58H37N3/c1-3-16-38(17-4-1)40-20-15-21-42(32-40)55-37-54(39-18-5-2-6-19-39)59-58(60-55)44-33-43(34-45(35-44)61-56-28-13-11-26-51(56)52-27-12-14-29-57(52)61)41-30-31-50-48-24-8-7-22-46(48)47-23-9-10-25-49(47)53(50)36-41/h1-37H. The van der Waals surface area contributed by atoms with Gasteiger partial charge in [-0.2, -0.15) is 0 Å². The molecule has 3 heteroatoms. The van der Waals surface area contributed by atoms with Gasteiger partial charge in [-0.3, -0.25) is 0 Å². The van der Waals surface area contributed by atoms with Crippen LogP contribution in [0.15, 0.2) is 224 Å². The van der Waals surface area contributed by atoms with Gasteiger partial charge in [0.25, 0.3) is 0 Å². The van der Waals surface area contributed by atoms with Crippen LogP contribution in [0.4, 0.5) is 0 Å². The van der Waals surface area contributed by atoms with E-state index in [9.17, 15) is 0 Å². The van der Waals surface area contributed by atoms with Gasteiger partial charge in [0.05, 0.1) is 22.4 Å². The van der Waals surface area contributed by atoms with Crippen LogP contribution in [0, 0.1) is 0 Å². The van der Waals surface area contributed by atoms with Crippen LogP contribution in [0.3, 0.4) is 0 Å². The molecule has 0 bridgehead atoms. The summed E-state index contributed by atoms with van der Waals surface area (Å²) in [7, 11) is 0. The molecule has 0 N–H and O–H groups in total. The summed E-state index contributed by atoms with van der Waals surface area (Å²) in [5.74, 6) is 0.669. The minimum atomic E-state index is 0.669. The van der Waals surface area contributed by atoms with Crippen LogP contribution >= 0.6 is 0 Å². The van der Waals surface area contributed by atoms with Crippen molar-refractivity contribution in [1.82, 2.24) is 14.5 Å². The average molecular weight is 776 g/mol. The van der Waals surface area contributed by atoms with Crippen LogP contribution < -0.4 is 0 Å². The molecule has 284 valence electrons. The molecule has 0 aliphatic carbocycles. The van der Waals surface area contributed by atoms with E-state index >= 15 is 0 Å². The minimum absolute atomic E-state index is 0.669. The molecular weight excluding hydrogens is 739 g/mol. The molecule has 61 heavy (non-hydrogen) atoms. The molecule has 12 aromatic rings. The SMILES string of the molecule is c1ccc(-c2cccc(-c3cc(-c4ccccc4)nc(-c4cc(-c5ccc6c7ccccc7c7ccccc7c6c5)cc(-n5c6ccccc6c6ccccc65)c4)n3)c2)cc1. The lowest BCUT2D eigenvalue weighted by atomic mass is 9.91. The van der Waals surface area contributed by atoms with E-state index in [1.807, 2.05) is 6.07 Å². The van der Waals surface area contributed by atoms with Gasteiger partial charge in [0.1, 0.15) is 0 Å². The molecule has 2 heterocycles. The van der Waals surface area contributed by atoms with Crippen molar-refractivity contribution >= 4 is 54.1 Å². The predicted octanol–water partition coefficient (Wildman–Crippen LogP) is 15.4. The molecule has 10 aromatic carbocycles. The summed E-state index contributed by atoms with van der Waals surface area (Å²) in [4.78, 5) is 10.8. The van der Waals surface area contributed by atoms with Gasteiger partial charge >= 0.3 is 0 Å². The number of benzene rings is 10. The fraction of sp³-hybridized carbons (Fsp3) is 0. The van der Waals surface area contributed by atoms with Crippen molar-refractivity contribution in [3.8, 4) is 61.8 Å². The maximum atomic E-state index is 5.42. The van der Waals surface area contributed by atoms with E-state index in [4.69, 9.17) is 9.97 Å². The first-order chi connectivity index (χ1) is 30.2. The summed E-state index contributed by atoms with van der Waals surface area (Å²) in [6.07, 6.45) is 0. The van der Waals surface area contributed by atoms with Crippen LogP contribution in [0.2, 0.25) is 0 Å². The fourth-order valence-electron chi connectivity index (χ4n) is 9.29. The molecule has 2 aromatic heterocycles. The Balaban J connectivity index is 1.13. The van der Waals surface area contributed by atoms with Gasteiger partial charge in [-0.1, -0.05) is 176 Å². The first-order valence-corrected chi connectivity index (χ1v) is 20.8. The average Bonchev–Trinajstić information content (AvgIpc) is 3.69. The largest absolute Gasteiger partial charge is 0.309 e. The third kappa shape index (κ3) is 5.98. The maximum Gasteiger partial charge on any atom is 0.160 e. The maximum absolute atomic E-state index is 5.42. The summed E-state index contributed by atoms with van der Waals surface area (Å²) in [6, 6.07) is 80.5. The Hall–Kier alpha value is -8.14. The smallest absolute Gasteiger partial charge is 0.160 e. The number of fused-ring (bicyclic) bond motifs is 9. The molecule has 3 nitrogen and oxygen atoms in total. The molecule has 0 saturated carbocycles. The van der Waals surface area contributed by atoms with E-state index in [0.717, 1.165) is 61.5 Å². The Morgan fingerprint density at radius 1 is 0.246 bits per heavy atom. The molecule has 0 spiro atoms. The van der Waals surface area contributed by atoms with Gasteiger partial charge in [0.15, 0.2) is 5.82 Å². The van der Waals surface area contributed by atoms with Crippen LogP contribution in [-0.2, 0) is 0 Å². The first kappa shape index (κ1) is 34.9. The third-order valence-corrected chi connectivity index (χ3v) is 12.2. The van der Waals surface area contributed by atoms with Crippen LogP contribution in [0.5, 0.6) is 0 Å². The van der Waals surface area contributed by atoms with Crippen LogP contribution in [0.1, 0.15) is 0 Å². The Morgan fingerprint density at radius 2 is 0.689 bits per heavy atom. The first-order valence-electron chi connectivity index (χ1n) is 20.8. The van der Waals surface area contributed by atoms with E-state index < -0.39 is 0 Å². The molecular formula is C58H37N3. The molecule has 0 atom stereocenters. The Bertz CT molecular complexity index is 3550. The Labute approximate surface area is 353 Å². The minimum Gasteiger partial charge on any atom is -0.309 e. The number of rotatable bonds is 6. The highest BCUT2D eigenvalue weighted by atomic mass is 15.0. The normalized spacial score (nSPS) is 11.6. The highest BCUT2D eigenvalue weighted by molar-refractivity contribution is 6.25. The summed E-state index contributed by atoms with van der Waals surface area (Å²) < 4.78 is 2.40. The lowest BCUT2D eigenvalue weighted by molar-refractivity contribution is 1.16. The number of para-hydroxylation sites is 2. The molecule has 0 fully saturated rings. The van der Waals surface area contributed by atoms with Crippen molar-refractivity contribution in [2.24, 2.45) is 0 Å². The van der Waals surface area contributed by atoms with E-state index in [-0.39, 0.29) is 0 Å². The molecule has 0 saturated heterocycles. The van der Waals surface area contributed by atoms with Crippen molar-refractivity contribution in [2.45, 2.75) is 0 Å². The second-order valence-electron chi connectivity index (χ2n) is 15.8. The Morgan fingerprint density at radius 3 is 1.33 bits per heavy atom. The number of nitrogens with zero attached hydrogens (tertiary/aromatic N) is 3. The second kappa shape index (κ2) is 14.3. The van der Waals surface area contributed by atoms with E-state index in [1.54, 1.807) is 0 Å². The highest BCUT2D eigenvalue weighted by Gasteiger charge is 2.18. The van der Waals surface area contributed by atoms with Gasteiger partial charge < -0.3 is 4.57 Å². The van der Waals surface area contributed by atoms with Gasteiger partial charge in [0.2, 0.25) is 0 Å². The van der Waals surface area contributed by atoms with Crippen molar-refractivity contribution < 1.29 is 0 Å². The fourth-order valence-corrected chi connectivity index (χ4v) is 9.29. The zero-order chi connectivity index (χ0) is 40.3. The van der Waals surface area contributed by atoms with E-state index in [2.05, 4.69) is 223 Å². The van der Waals surface area contributed by atoms with Crippen molar-refractivity contribution in [1.29, 1.82) is 0 Å². The van der Waals surface area contributed by atoms with E-state index in [1.165, 1.54) is 48.7 Å². The summed E-state index contributed by atoms with van der Waals surface area (Å²) in [6.45, 7) is 0. The van der Waals surface area contributed by atoms with Crippen molar-refractivity contribution in [2.75, 3.05) is 0 Å². The lowest BCUT2D eigenvalue weighted by Gasteiger charge is -2.16. The zero-order valence-electron chi connectivity index (χ0n) is 33.2. The van der Waals surface area contributed by atoms with Crippen LogP contribution in [0.25, 0.3) is 116 Å². The molecule has 0 aliphatic heterocycles. The third-order valence-electron chi connectivity index (χ3n) is 12.2. The van der Waals surface area contributed by atoms with Gasteiger partial charge in [-0.25, -0.2) is 9.97 Å². The number of aromatic nitrogens is 3. The topological polar surface area (TPSA) is 30.7 Å². The van der Waals surface area contributed by atoms with Gasteiger partial charge in [-0.15, -0.1) is 0 Å². The molecule has 12 rings (SSSR count). The van der Waals surface area contributed by atoms with Gasteiger partial charge in [0, 0.05) is 33.2 Å². The van der Waals surface area contributed by atoms with Gasteiger partial charge in [-0.05, 0) is 103 Å². The molecule has 0 amide bonds. The molecule has 0 unspecified atom stereocenters. The predicted molar refractivity (Wildman–Crippen MR) is 256 cm³/mol. The number of hydrogen-bond donors (Lipinski definition) is 0. The van der Waals surface area contributed by atoms with Crippen molar-refractivity contribution in [3.63, 3.8) is 0 Å². The zero-order valence-corrected chi connectivity index (χ0v) is 33.2. The Kier molecular flexibility index (Phi) is 8.17. The summed E-state index contributed by atoms with van der Waals surface area (Å²) in [5, 5.41) is 9.97. The monoisotopic (exact) mass is 775 g/mol. The summed E-state index contributed by atoms with van der Waals surface area (Å²) in [5.41, 5.74) is 12.7. The lowest BCUT2D eigenvalue weighted by Crippen LogP contribution is -1.99. The molecule has 0 radical (unpaired) electrons. The second-order valence-corrected chi connectivity index (χ2v) is 15.8. The number of hydrogen-bond acceptors (Lipinski definition) is 2. The molecule has 0 aliphatic rings.